The van der Waals surface area contributed by atoms with E-state index in [9.17, 15) is 9.59 Å². The van der Waals surface area contributed by atoms with Crippen molar-refractivity contribution in [2.75, 3.05) is 0 Å². The highest BCUT2D eigenvalue weighted by Crippen LogP contribution is 2.13. The molecular formula is C13H19NO3S. The van der Waals surface area contributed by atoms with E-state index in [0.29, 0.717) is 6.42 Å². The maximum absolute atomic E-state index is 11.4. The number of carbonyl (C=O) groups excluding carboxylic acids is 1. The fraction of sp³-hybridized carbons (Fsp3) is 0.538. The summed E-state index contributed by atoms with van der Waals surface area (Å²) in [5.74, 6) is -1.18. The Bertz CT molecular complexity index is 376. The highest BCUT2D eigenvalue weighted by atomic mass is 32.1. The number of hydrogen-bond acceptors (Lipinski definition) is 3. The van der Waals surface area contributed by atoms with E-state index in [2.05, 4.69) is 16.8 Å². The van der Waals surface area contributed by atoms with Gasteiger partial charge in [-0.1, -0.05) is 12.5 Å². The lowest BCUT2D eigenvalue weighted by Crippen LogP contribution is -2.38. The lowest BCUT2D eigenvalue weighted by atomic mass is 10.1. The smallest absolute Gasteiger partial charge is 0.325 e. The van der Waals surface area contributed by atoms with E-state index >= 15 is 0 Å². The van der Waals surface area contributed by atoms with E-state index in [4.69, 9.17) is 5.11 Å². The van der Waals surface area contributed by atoms with Crippen molar-refractivity contribution in [3.05, 3.63) is 22.4 Å². The van der Waals surface area contributed by atoms with Crippen LogP contribution in [0.2, 0.25) is 0 Å². The van der Waals surface area contributed by atoms with Crippen molar-refractivity contribution in [3.8, 4) is 0 Å². The molecule has 1 atom stereocenters. The molecule has 2 N–H and O–H groups in total. The quantitative estimate of drug-likeness (QED) is 0.712. The summed E-state index contributed by atoms with van der Waals surface area (Å²) in [7, 11) is 0. The molecule has 0 aromatic carbocycles. The van der Waals surface area contributed by atoms with Gasteiger partial charge in [0.2, 0.25) is 5.91 Å². The van der Waals surface area contributed by atoms with Gasteiger partial charge in [-0.05, 0) is 37.6 Å². The number of unbranched alkanes of at least 4 members (excludes halogenated alkanes) is 2. The summed E-state index contributed by atoms with van der Waals surface area (Å²) in [5, 5.41) is 13.1. The van der Waals surface area contributed by atoms with Gasteiger partial charge >= 0.3 is 5.97 Å². The van der Waals surface area contributed by atoms with Crippen molar-refractivity contribution in [3.63, 3.8) is 0 Å². The minimum absolute atomic E-state index is 0.180. The summed E-state index contributed by atoms with van der Waals surface area (Å²) in [6.07, 6.45) is 4.34. The fourth-order valence-corrected chi connectivity index (χ4v) is 2.34. The van der Waals surface area contributed by atoms with Gasteiger partial charge in [-0.15, -0.1) is 11.3 Å². The first-order chi connectivity index (χ1) is 8.59. The highest BCUT2D eigenvalue weighted by molar-refractivity contribution is 7.09. The number of aryl methyl sites for hydroxylation is 1. The summed E-state index contributed by atoms with van der Waals surface area (Å²) in [4.78, 5) is 23.3. The third-order valence-electron chi connectivity index (χ3n) is 2.66. The molecule has 1 unspecified atom stereocenters. The van der Waals surface area contributed by atoms with Crippen molar-refractivity contribution >= 4 is 23.2 Å². The minimum atomic E-state index is -0.999. The summed E-state index contributed by atoms with van der Waals surface area (Å²) in [6.45, 7) is 1.47. The standard InChI is InChI=1S/C13H19NO3S/c1-10(13(16)17)14-12(15)8-4-2-3-6-11-7-5-9-18-11/h5,7,9-10H,2-4,6,8H2,1H3,(H,14,15)(H,16,17). The molecule has 0 fully saturated rings. The van der Waals surface area contributed by atoms with E-state index < -0.39 is 12.0 Å². The van der Waals surface area contributed by atoms with Crippen LogP contribution >= 0.6 is 11.3 Å². The van der Waals surface area contributed by atoms with E-state index in [1.165, 1.54) is 11.8 Å². The molecule has 1 amide bonds. The first-order valence-electron chi connectivity index (χ1n) is 6.14. The van der Waals surface area contributed by atoms with Gasteiger partial charge < -0.3 is 10.4 Å². The monoisotopic (exact) mass is 269 g/mol. The molecule has 5 heteroatoms. The van der Waals surface area contributed by atoms with Crippen LogP contribution in [0, 0.1) is 0 Å². The molecule has 0 aliphatic heterocycles. The van der Waals surface area contributed by atoms with Crippen LogP contribution in [0.4, 0.5) is 0 Å². The van der Waals surface area contributed by atoms with Gasteiger partial charge in [0.1, 0.15) is 6.04 Å². The molecule has 0 aliphatic carbocycles. The van der Waals surface area contributed by atoms with Gasteiger partial charge in [0, 0.05) is 11.3 Å². The molecule has 0 bridgehead atoms. The van der Waals surface area contributed by atoms with E-state index in [1.54, 1.807) is 11.3 Å². The van der Waals surface area contributed by atoms with Gasteiger partial charge in [-0.3, -0.25) is 9.59 Å². The van der Waals surface area contributed by atoms with E-state index in [0.717, 1.165) is 25.7 Å². The lowest BCUT2D eigenvalue weighted by molar-refractivity contribution is -0.141. The zero-order valence-corrected chi connectivity index (χ0v) is 11.3. The van der Waals surface area contributed by atoms with Gasteiger partial charge in [-0.2, -0.15) is 0 Å². The van der Waals surface area contributed by atoms with Crippen LogP contribution in [0.1, 0.15) is 37.5 Å². The molecular weight excluding hydrogens is 250 g/mol. The first kappa shape index (κ1) is 14.7. The highest BCUT2D eigenvalue weighted by Gasteiger charge is 2.12. The Kier molecular flexibility index (Phi) is 6.43. The van der Waals surface area contributed by atoms with Gasteiger partial charge in [-0.25, -0.2) is 0 Å². The molecule has 100 valence electrons. The fourth-order valence-electron chi connectivity index (χ4n) is 1.59. The van der Waals surface area contributed by atoms with Crippen molar-refractivity contribution in [2.24, 2.45) is 0 Å². The average Bonchev–Trinajstić information content (AvgIpc) is 2.81. The van der Waals surface area contributed by atoms with Crippen LogP contribution in [-0.4, -0.2) is 23.0 Å². The first-order valence-corrected chi connectivity index (χ1v) is 7.02. The Morgan fingerprint density at radius 2 is 2.17 bits per heavy atom. The molecule has 0 aliphatic rings. The second-order valence-corrected chi connectivity index (χ2v) is 5.30. The second kappa shape index (κ2) is 7.87. The van der Waals surface area contributed by atoms with Crippen LogP contribution in [-0.2, 0) is 16.0 Å². The number of thiophene rings is 1. The van der Waals surface area contributed by atoms with Crippen molar-refractivity contribution in [2.45, 2.75) is 45.1 Å². The molecule has 1 heterocycles. The predicted octanol–water partition coefficient (Wildman–Crippen LogP) is 2.44. The maximum Gasteiger partial charge on any atom is 0.325 e. The molecule has 1 rings (SSSR count). The Morgan fingerprint density at radius 1 is 1.39 bits per heavy atom. The Morgan fingerprint density at radius 3 is 2.78 bits per heavy atom. The average molecular weight is 269 g/mol. The normalized spacial score (nSPS) is 12.1. The number of carboxylic acid groups (broad SMARTS) is 1. The predicted molar refractivity (Wildman–Crippen MR) is 71.7 cm³/mol. The minimum Gasteiger partial charge on any atom is -0.480 e. The Hall–Kier alpha value is -1.36. The van der Waals surface area contributed by atoms with Gasteiger partial charge in [0.15, 0.2) is 0 Å². The Labute approximate surface area is 111 Å². The number of hydrogen-bond donors (Lipinski definition) is 2. The van der Waals surface area contributed by atoms with Crippen LogP contribution in [0.15, 0.2) is 17.5 Å². The molecule has 0 spiro atoms. The number of amides is 1. The van der Waals surface area contributed by atoms with Crippen molar-refractivity contribution < 1.29 is 14.7 Å². The Balaban J connectivity index is 2.03. The molecule has 0 radical (unpaired) electrons. The van der Waals surface area contributed by atoms with Crippen LogP contribution in [0.3, 0.4) is 0 Å². The number of rotatable bonds is 8. The third-order valence-corrected chi connectivity index (χ3v) is 3.59. The summed E-state index contributed by atoms with van der Waals surface area (Å²) >= 11 is 1.75. The molecule has 0 saturated carbocycles. The van der Waals surface area contributed by atoms with Gasteiger partial charge in [0.05, 0.1) is 0 Å². The molecule has 4 nitrogen and oxygen atoms in total. The summed E-state index contributed by atoms with van der Waals surface area (Å²) in [5.41, 5.74) is 0. The zero-order chi connectivity index (χ0) is 13.4. The lowest BCUT2D eigenvalue weighted by Gasteiger charge is -2.08. The number of aliphatic carboxylic acids is 1. The number of nitrogens with one attached hydrogen (secondary N) is 1. The SMILES string of the molecule is CC(NC(=O)CCCCCc1cccs1)C(=O)O. The topological polar surface area (TPSA) is 66.4 Å². The molecule has 1 aromatic heterocycles. The molecule has 18 heavy (non-hydrogen) atoms. The van der Waals surface area contributed by atoms with Crippen LogP contribution in [0.5, 0.6) is 0 Å². The molecule has 1 aromatic rings. The van der Waals surface area contributed by atoms with Crippen LogP contribution < -0.4 is 5.32 Å². The van der Waals surface area contributed by atoms with Crippen molar-refractivity contribution in [1.82, 2.24) is 5.32 Å². The third kappa shape index (κ3) is 5.82. The second-order valence-electron chi connectivity index (χ2n) is 4.27. The number of carbonyl (C=O) groups is 2. The van der Waals surface area contributed by atoms with Crippen molar-refractivity contribution in [1.29, 1.82) is 0 Å². The largest absolute Gasteiger partial charge is 0.480 e. The van der Waals surface area contributed by atoms with Gasteiger partial charge in [0.25, 0.3) is 0 Å². The number of carboxylic acids is 1. The molecule has 0 saturated heterocycles. The summed E-state index contributed by atoms with van der Waals surface area (Å²) in [6, 6.07) is 3.36. The van der Waals surface area contributed by atoms with Crippen LogP contribution in [0.25, 0.3) is 0 Å². The zero-order valence-electron chi connectivity index (χ0n) is 10.5. The van der Waals surface area contributed by atoms with E-state index in [-0.39, 0.29) is 5.91 Å². The maximum atomic E-state index is 11.4. The summed E-state index contributed by atoms with van der Waals surface area (Å²) < 4.78 is 0. The van der Waals surface area contributed by atoms with E-state index in [1.807, 2.05) is 6.07 Å².